The Balaban J connectivity index is 3.76. The Bertz CT molecular complexity index is 199. The normalized spacial score (nSPS) is 12.6. The molecule has 0 heterocycles. The van der Waals surface area contributed by atoms with E-state index in [-0.39, 0.29) is 9.04 Å². The molecule has 0 aliphatic rings. The van der Waals surface area contributed by atoms with Crippen molar-refractivity contribution in [3.63, 3.8) is 0 Å². The molecule has 0 unspecified atom stereocenters. The lowest BCUT2D eigenvalue weighted by Crippen LogP contribution is -2.52. The lowest BCUT2D eigenvalue weighted by Gasteiger charge is -2.28. The number of hydrogen-bond acceptors (Lipinski definition) is 3. The van der Waals surface area contributed by atoms with Crippen molar-refractivity contribution in [3.8, 4) is 0 Å². The maximum atomic E-state index is 5.94. The van der Waals surface area contributed by atoms with Crippen LogP contribution in [0.25, 0.3) is 0 Å². The maximum absolute atomic E-state index is 5.94. The second kappa shape index (κ2) is 15.2. The van der Waals surface area contributed by atoms with Crippen molar-refractivity contribution in [1.29, 1.82) is 0 Å². The van der Waals surface area contributed by atoms with Gasteiger partial charge in [0.15, 0.2) is 0 Å². The molecule has 0 bridgehead atoms. The summed E-state index contributed by atoms with van der Waals surface area (Å²) < 4.78 is 17.8. The fraction of sp³-hybridized carbons (Fsp3) is 1.00. The molecule has 0 aromatic rings. The highest BCUT2D eigenvalue weighted by atomic mass is 29.2. The average molecular weight is 335 g/mol. The Labute approximate surface area is 136 Å². The van der Waals surface area contributed by atoms with E-state index in [1.165, 1.54) is 57.4 Å². The van der Waals surface area contributed by atoms with Crippen LogP contribution >= 0.6 is 0 Å². The molecule has 0 atom stereocenters. The molecule has 3 nitrogen and oxygen atoms in total. The van der Waals surface area contributed by atoms with Crippen molar-refractivity contribution in [3.05, 3.63) is 0 Å². The first-order valence-electron chi connectivity index (χ1n) is 9.16. The van der Waals surface area contributed by atoms with E-state index >= 15 is 0 Å². The molecule has 21 heavy (non-hydrogen) atoms. The fourth-order valence-corrected chi connectivity index (χ4v) is 10.9. The van der Waals surface area contributed by atoms with Crippen LogP contribution in [0, 0.1) is 0 Å². The van der Waals surface area contributed by atoms with Crippen LogP contribution in [-0.4, -0.2) is 37.2 Å². The number of hydrogen-bond donors (Lipinski definition) is 0. The van der Waals surface area contributed by atoms with Crippen LogP contribution in [0.2, 0.25) is 6.04 Å². The van der Waals surface area contributed by atoms with Crippen LogP contribution in [0.3, 0.4) is 0 Å². The minimum Gasteiger partial charge on any atom is -0.377 e. The minimum atomic E-state index is -2.24. The summed E-state index contributed by atoms with van der Waals surface area (Å²) in [6, 6.07) is 1.31. The minimum absolute atomic E-state index is 0.390. The van der Waals surface area contributed by atoms with Gasteiger partial charge < -0.3 is 13.3 Å². The van der Waals surface area contributed by atoms with Crippen molar-refractivity contribution in [2.24, 2.45) is 0 Å². The van der Waals surface area contributed by atoms with Gasteiger partial charge >= 0.3 is 8.32 Å². The highest BCUT2D eigenvalue weighted by molar-refractivity contribution is 7.14. The summed E-state index contributed by atoms with van der Waals surface area (Å²) in [5, 5.41) is 0. The Kier molecular flexibility index (Phi) is 15.4. The first-order valence-corrected chi connectivity index (χ1v) is 14.2. The van der Waals surface area contributed by atoms with E-state index in [1.807, 2.05) is 20.8 Å². The Hall–Kier alpha value is 0.314. The van der Waals surface area contributed by atoms with E-state index in [4.69, 9.17) is 13.3 Å². The van der Waals surface area contributed by atoms with Crippen molar-refractivity contribution in [1.82, 2.24) is 0 Å². The lowest BCUT2D eigenvalue weighted by atomic mass is 10.1. The summed E-state index contributed by atoms with van der Waals surface area (Å²) in [7, 11) is -2.63. The van der Waals surface area contributed by atoms with E-state index in [9.17, 15) is 0 Å². The van der Waals surface area contributed by atoms with Gasteiger partial charge in [0.25, 0.3) is 0 Å². The predicted molar refractivity (Wildman–Crippen MR) is 96.6 cm³/mol. The van der Waals surface area contributed by atoms with Gasteiger partial charge in [-0.3, -0.25) is 0 Å². The van der Waals surface area contributed by atoms with Gasteiger partial charge in [-0.1, -0.05) is 64.3 Å². The average Bonchev–Trinajstić information content (AvgIpc) is 2.46. The summed E-state index contributed by atoms with van der Waals surface area (Å²) in [6.45, 7) is 10.6. The molecule has 0 aromatic carbocycles. The predicted octanol–water partition coefficient (Wildman–Crippen LogP) is 4.26. The van der Waals surface area contributed by atoms with Crippen molar-refractivity contribution < 1.29 is 13.3 Å². The van der Waals surface area contributed by atoms with Gasteiger partial charge in [-0.2, -0.15) is 0 Å². The highest BCUT2D eigenvalue weighted by Crippen LogP contribution is 2.14. The molecule has 0 radical (unpaired) electrons. The van der Waals surface area contributed by atoms with Gasteiger partial charge in [0.1, 0.15) is 9.04 Å². The summed E-state index contributed by atoms with van der Waals surface area (Å²) in [5.41, 5.74) is 0. The Morgan fingerprint density at radius 2 is 1.05 bits per heavy atom. The van der Waals surface area contributed by atoms with Crippen LogP contribution in [0.5, 0.6) is 0 Å². The third kappa shape index (κ3) is 11.5. The molecule has 0 amide bonds. The van der Waals surface area contributed by atoms with E-state index in [0.717, 1.165) is 19.8 Å². The first-order chi connectivity index (χ1) is 10.2. The van der Waals surface area contributed by atoms with Gasteiger partial charge in [-0.05, 0) is 20.8 Å². The second-order valence-corrected chi connectivity index (χ2v) is 13.1. The molecule has 0 spiro atoms. The number of unbranched alkanes of at least 4 members (excludes halogenated alkanes) is 7. The van der Waals surface area contributed by atoms with Gasteiger partial charge in [0.05, 0.1) is 0 Å². The molecule has 5 heteroatoms. The summed E-state index contributed by atoms with van der Waals surface area (Å²) in [6.07, 6.45) is 11.1. The SMILES string of the molecule is CCCCCCCCCC[SiH2][Si](OCC)(OCC)OCC. The van der Waals surface area contributed by atoms with Crippen LogP contribution in [0.15, 0.2) is 0 Å². The molecule has 0 aromatic heterocycles. The van der Waals surface area contributed by atoms with Crippen LogP contribution in [0.4, 0.5) is 0 Å². The monoisotopic (exact) mass is 334 g/mol. The Morgan fingerprint density at radius 3 is 1.48 bits per heavy atom. The zero-order valence-electron chi connectivity index (χ0n) is 14.9. The molecule has 0 N–H and O–H groups in total. The third-order valence-electron chi connectivity index (χ3n) is 3.68. The Morgan fingerprint density at radius 1 is 0.619 bits per heavy atom. The van der Waals surface area contributed by atoms with Crippen LogP contribution in [0.1, 0.15) is 79.1 Å². The standard InChI is InChI=1S/C16H38O3Si2/c1-5-9-10-11-12-13-14-15-16-20-21(17-6-2,18-7-3)19-8-4/h5-16,20H2,1-4H3. The van der Waals surface area contributed by atoms with E-state index in [0.29, 0.717) is 0 Å². The van der Waals surface area contributed by atoms with Crippen LogP contribution < -0.4 is 0 Å². The van der Waals surface area contributed by atoms with E-state index in [2.05, 4.69) is 6.92 Å². The summed E-state index contributed by atoms with van der Waals surface area (Å²) >= 11 is 0. The molecule has 0 rings (SSSR count). The quantitative estimate of drug-likeness (QED) is 0.312. The van der Waals surface area contributed by atoms with Crippen molar-refractivity contribution in [2.75, 3.05) is 19.8 Å². The van der Waals surface area contributed by atoms with Crippen LogP contribution in [-0.2, 0) is 13.3 Å². The zero-order chi connectivity index (χ0) is 15.8. The third-order valence-corrected chi connectivity index (χ3v) is 12.1. The number of rotatable bonds is 16. The molecule has 0 aliphatic carbocycles. The zero-order valence-corrected chi connectivity index (χ0v) is 17.3. The van der Waals surface area contributed by atoms with Gasteiger partial charge in [0, 0.05) is 19.8 Å². The topological polar surface area (TPSA) is 27.7 Å². The molecular formula is C16H38O3Si2. The molecule has 0 saturated carbocycles. The van der Waals surface area contributed by atoms with Crippen molar-refractivity contribution in [2.45, 2.75) is 85.1 Å². The summed E-state index contributed by atoms with van der Waals surface area (Å²) in [4.78, 5) is 0. The molecule has 0 aliphatic heterocycles. The van der Waals surface area contributed by atoms with E-state index in [1.54, 1.807) is 0 Å². The maximum Gasteiger partial charge on any atom is 0.462 e. The fourth-order valence-electron chi connectivity index (χ4n) is 2.65. The molecule has 128 valence electrons. The highest BCUT2D eigenvalue weighted by Gasteiger charge is 2.38. The lowest BCUT2D eigenvalue weighted by molar-refractivity contribution is 0.0928. The largest absolute Gasteiger partial charge is 0.462 e. The van der Waals surface area contributed by atoms with Gasteiger partial charge in [-0.15, -0.1) is 0 Å². The smallest absolute Gasteiger partial charge is 0.377 e. The van der Waals surface area contributed by atoms with Gasteiger partial charge in [0.2, 0.25) is 0 Å². The summed E-state index contributed by atoms with van der Waals surface area (Å²) in [5.74, 6) is 0. The second-order valence-electron chi connectivity index (χ2n) is 5.56. The molecule has 0 fully saturated rings. The van der Waals surface area contributed by atoms with E-state index < -0.39 is 8.32 Å². The van der Waals surface area contributed by atoms with Gasteiger partial charge in [-0.25, -0.2) is 0 Å². The molecular weight excluding hydrogens is 296 g/mol. The van der Waals surface area contributed by atoms with Crippen molar-refractivity contribution >= 4 is 17.4 Å². The first kappa shape index (κ1) is 21.3. The molecule has 0 saturated heterocycles.